The second-order valence-electron chi connectivity index (χ2n) is 6.88. The van der Waals surface area contributed by atoms with E-state index in [0.29, 0.717) is 28.5 Å². The number of piperidine rings is 1. The van der Waals surface area contributed by atoms with Crippen LogP contribution in [0.1, 0.15) is 38.4 Å². The van der Waals surface area contributed by atoms with Gasteiger partial charge in [0.15, 0.2) is 0 Å². The quantitative estimate of drug-likeness (QED) is 0.916. The summed E-state index contributed by atoms with van der Waals surface area (Å²) in [6.45, 7) is 2.36. The van der Waals surface area contributed by atoms with Crippen molar-refractivity contribution in [1.82, 2.24) is 10.2 Å². The van der Waals surface area contributed by atoms with Gasteiger partial charge in [0.1, 0.15) is 5.82 Å². The average Bonchev–Trinajstić information content (AvgIpc) is 3.32. The van der Waals surface area contributed by atoms with E-state index in [9.17, 15) is 14.0 Å². The van der Waals surface area contributed by atoms with E-state index in [2.05, 4.69) is 5.32 Å². The molecular formula is C19H19FN2O2S. The minimum absolute atomic E-state index is 0.00854. The Hall–Kier alpha value is -2.21. The molecule has 1 aliphatic carbocycles. The number of carbonyl (C=O) groups excluding carboxylic acids is 2. The molecule has 2 bridgehead atoms. The summed E-state index contributed by atoms with van der Waals surface area (Å²) in [5, 5.41) is 4.95. The van der Waals surface area contributed by atoms with Gasteiger partial charge < -0.3 is 10.2 Å². The van der Waals surface area contributed by atoms with E-state index in [-0.39, 0.29) is 29.7 Å². The standard InChI is InChI=1S/C19H19FN2O2S/c1-11-4-5-13(9-14(11)20)19(24)22-10-12-7-15(16(22)8-12)21-18(23)17-3-2-6-25-17/h2-6,9,12,15-16H,7-8,10H2,1H3,(H,21,23)/t12-,15+,16-/m1/s1. The first-order chi connectivity index (χ1) is 12.0. The average molecular weight is 358 g/mol. The lowest BCUT2D eigenvalue weighted by molar-refractivity contribution is 0.0648. The van der Waals surface area contributed by atoms with Gasteiger partial charge in [-0.15, -0.1) is 11.3 Å². The van der Waals surface area contributed by atoms with Crippen molar-refractivity contribution in [3.63, 3.8) is 0 Å². The number of aryl methyl sites for hydroxylation is 1. The summed E-state index contributed by atoms with van der Waals surface area (Å²) in [5.74, 6) is -0.196. The highest BCUT2D eigenvalue weighted by molar-refractivity contribution is 7.12. The van der Waals surface area contributed by atoms with Gasteiger partial charge in [-0.2, -0.15) is 0 Å². The number of nitrogens with zero attached hydrogens (tertiary/aromatic N) is 1. The Kier molecular flexibility index (Phi) is 4.07. The third kappa shape index (κ3) is 2.95. The molecule has 0 unspecified atom stereocenters. The highest BCUT2D eigenvalue weighted by Crippen LogP contribution is 2.38. The van der Waals surface area contributed by atoms with E-state index >= 15 is 0 Å². The number of hydrogen-bond acceptors (Lipinski definition) is 3. The Balaban J connectivity index is 1.49. The summed E-state index contributed by atoms with van der Waals surface area (Å²) in [7, 11) is 0. The van der Waals surface area contributed by atoms with Gasteiger partial charge in [-0.3, -0.25) is 9.59 Å². The second kappa shape index (κ2) is 6.26. The molecule has 1 saturated carbocycles. The van der Waals surface area contributed by atoms with Crippen LogP contribution < -0.4 is 5.32 Å². The smallest absolute Gasteiger partial charge is 0.261 e. The number of rotatable bonds is 3. The number of nitrogens with one attached hydrogen (secondary N) is 1. The zero-order chi connectivity index (χ0) is 17.6. The largest absolute Gasteiger partial charge is 0.347 e. The molecule has 3 atom stereocenters. The Morgan fingerprint density at radius 2 is 2.12 bits per heavy atom. The summed E-state index contributed by atoms with van der Waals surface area (Å²) in [6.07, 6.45) is 1.79. The van der Waals surface area contributed by atoms with Crippen LogP contribution in [-0.2, 0) is 0 Å². The Labute approximate surface area is 149 Å². The Bertz CT molecular complexity index is 821. The number of carbonyl (C=O) groups is 2. The molecule has 1 N–H and O–H groups in total. The predicted molar refractivity (Wildman–Crippen MR) is 94.3 cm³/mol. The van der Waals surface area contributed by atoms with Crippen LogP contribution in [-0.4, -0.2) is 35.3 Å². The van der Waals surface area contributed by atoms with E-state index in [1.165, 1.54) is 17.4 Å². The van der Waals surface area contributed by atoms with Crippen molar-refractivity contribution in [2.75, 3.05) is 6.54 Å². The Morgan fingerprint density at radius 1 is 1.28 bits per heavy atom. The molecule has 2 fully saturated rings. The number of hydrogen-bond donors (Lipinski definition) is 1. The van der Waals surface area contributed by atoms with Crippen LogP contribution in [0.2, 0.25) is 0 Å². The maximum Gasteiger partial charge on any atom is 0.261 e. The monoisotopic (exact) mass is 358 g/mol. The maximum atomic E-state index is 13.8. The second-order valence-corrected chi connectivity index (χ2v) is 7.83. The molecule has 1 aromatic carbocycles. The zero-order valence-corrected chi connectivity index (χ0v) is 14.7. The molecule has 1 aliphatic heterocycles. The summed E-state index contributed by atoms with van der Waals surface area (Å²) < 4.78 is 13.8. The van der Waals surface area contributed by atoms with Crippen LogP contribution in [0, 0.1) is 18.7 Å². The normalized spacial score (nSPS) is 24.6. The van der Waals surface area contributed by atoms with Crippen molar-refractivity contribution in [1.29, 1.82) is 0 Å². The van der Waals surface area contributed by atoms with Crippen molar-refractivity contribution >= 4 is 23.2 Å². The molecule has 6 heteroatoms. The van der Waals surface area contributed by atoms with Crippen molar-refractivity contribution in [2.45, 2.75) is 31.8 Å². The number of halogens is 1. The SMILES string of the molecule is Cc1ccc(C(=O)N2C[C@@H]3C[C@H](NC(=O)c4cccs4)[C@H]2C3)cc1F. The van der Waals surface area contributed by atoms with Gasteiger partial charge >= 0.3 is 0 Å². The summed E-state index contributed by atoms with van der Waals surface area (Å²) in [5.41, 5.74) is 0.902. The number of amides is 2. The number of fused-ring (bicyclic) bond motifs is 2. The fraction of sp³-hybridized carbons (Fsp3) is 0.368. The minimum Gasteiger partial charge on any atom is -0.347 e. The predicted octanol–water partition coefficient (Wildman–Crippen LogP) is 3.23. The molecule has 25 heavy (non-hydrogen) atoms. The van der Waals surface area contributed by atoms with Gasteiger partial charge in [-0.25, -0.2) is 4.39 Å². The van der Waals surface area contributed by atoms with E-state index in [1.54, 1.807) is 30.0 Å². The Morgan fingerprint density at radius 3 is 2.80 bits per heavy atom. The summed E-state index contributed by atoms with van der Waals surface area (Å²) >= 11 is 1.41. The lowest BCUT2D eigenvalue weighted by Gasteiger charge is -2.33. The number of likely N-dealkylation sites (tertiary alicyclic amines) is 1. The highest BCUT2D eigenvalue weighted by Gasteiger charge is 2.47. The number of thiophene rings is 1. The van der Waals surface area contributed by atoms with Gasteiger partial charge in [0.05, 0.1) is 10.9 Å². The van der Waals surface area contributed by atoms with Crippen molar-refractivity contribution < 1.29 is 14.0 Å². The summed E-state index contributed by atoms with van der Waals surface area (Å²) in [4.78, 5) is 27.6. The van der Waals surface area contributed by atoms with Crippen LogP contribution in [0.4, 0.5) is 4.39 Å². The molecule has 4 rings (SSSR count). The van der Waals surface area contributed by atoms with Crippen LogP contribution >= 0.6 is 11.3 Å². The van der Waals surface area contributed by atoms with Gasteiger partial charge in [-0.05, 0) is 54.8 Å². The topological polar surface area (TPSA) is 49.4 Å². The molecule has 0 spiro atoms. The lowest BCUT2D eigenvalue weighted by atomic mass is 10.0. The van der Waals surface area contributed by atoms with Crippen molar-refractivity contribution in [3.05, 3.63) is 57.5 Å². The van der Waals surface area contributed by atoms with Crippen molar-refractivity contribution in [2.24, 2.45) is 5.92 Å². The first kappa shape index (κ1) is 16.3. The van der Waals surface area contributed by atoms with Crippen LogP contribution in [0.15, 0.2) is 35.7 Å². The molecule has 130 valence electrons. The van der Waals surface area contributed by atoms with Gasteiger partial charge in [0, 0.05) is 18.2 Å². The van der Waals surface area contributed by atoms with Gasteiger partial charge in [0.25, 0.3) is 11.8 Å². The van der Waals surface area contributed by atoms with Crippen molar-refractivity contribution in [3.8, 4) is 0 Å². The molecule has 2 aromatic rings. The van der Waals surface area contributed by atoms with E-state index in [4.69, 9.17) is 0 Å². The maximum absolute atomic E-state index is 13.8. The first-order valence-corrected chi connectivity index (χ1v) is 9.32. The lowest BCUT2D eigenvalue weighted by Crippen LogP contribution is -2.51. The van der Waals surface area contributed by atoms with E-state index in [1.807, 2.05) is 11.4 Å². The van der Waals surface area contributed by atoms with E-state index in [0.717, 1.165) is 12.8 Å². The fourth-order valence-electron chi connectivity index (χ4n) is 3.95. The molecule has 1 aromatic heterocycles. The molecule has 2 amide bonds. The van der Waals surface area contributed by atoms with Crippen LogP contribution in [0.3, 0.4) is 0 Å². The van der Waals surface area contributed by atoms with Crippen LogP contribution in [0.25, 0.3) is 0 Å². The fourth-order valence-corrected chi connectivity index (χ4v) is 4.58. The van der Waals surface area contributed by atoms with Crippen LogP contribution in [0.5, 0.6) is 0 Å². The van der Waals surface area contributed by atoms with E-state index < -0.39 is 0 Å². The van der Waals surface area contributed by atoms with Gasteiger partial charge in [0.2, 0.25) is 0 Å². The highest BCUT2D eigenvalue weighted by atomic mass is 32.1. The number of benzene rings is 1. The zero-order valence-electron chi connectivity index (χ0n) is 13.9. The molecule has 1 saturated heterocycles. The molecule has 2 aliphatic rings. The van der Waals surface area contributed by atoms with Gasteiger partial charge in [-0.1, -0.05) is 12.1 Å². The third-order valence-electron chi connectivity index (χ3n) is 5.22. The molecule has 4 nitrogen and oxygen atoms in total. The summed E-state index contributed by atoms with van der Waals surface area (Å²) in [6, 6.07) is 8.22. The third-order valence-corrected chi connectivity index (χ3v) is 6.09. The minimum atomic E-state index is -0.363. The molecule has 0 radical (unpaired) electrons. The first-order valence-electron chi connectivity index (χ1n) is 8.44. The molecule has 2 heterocycles. The molecular weight excluding hydrogens is 339 g/mol.